The van der Waals surface area contributed by atoms with Gasteiger partial charge in [0.2, 0.25) is 15.9 Å². The third kappa shape index (κ3) is 8.10. The van der Waals surface area contributed by atoms with Gasteiger partial charge in [0.1, 0.15) is 11.8 Å². The lowest BCUT2D eigenvalue weighted by Crippen LogP contribution is -2.46. The molecular formula is C36H39N7O4S. The molecule has 48 heavy (non-hydrogen) atoms. The number of piperidine rings is 1. The summed E-state index contributed by atoms with van der Waals surface area (Å²) in [6.07, 6.45) is 1.62. The molecule has 3 aromatic carbocycles. The van der Waals surface area contributed by atoms with Crippen LogP contribution in [0.2, 0.25) is 0 Å². The average molecular weight is 666 g/mol. The summed E-state index contributed by atoms with van der Waals surface area (Å²) in [5.74, 6) is 0.970. The van der Waals surface area contributed by atoms with Crippen molar-refractivity contribution >= 4 is 27.3 Å². The monoisotopic (exact) mass is 665 g/mol. The number of piperazine rings is 1. The summed E-state index contributed by atoms with van der Waals surface area (Å²) < 4.78 is 35.3. The number of nitriles is 1. The van der Waals surface area contributed by atoms with Crippen molar-refractivity contribution in [2.75, 3.05) is 55.4 Å². The number of rotatable bonds is 10. The first-order chi connectivity index (χ1) is 23.3. The van der Waals surface area contributed by atoms with Crippen LogP contribution in [0.3, 0.4) is 0 Å². The van der Waals surface area contributed by atoms with Crippen LogP contribution in [0.1, 0.15) is 52.9 Å². The zero-order valence-electron chi connectivity index (χ0n) is 27.0. The van der Waals surface area contributed by atoms with Crippen LogP contribution in [0.15, 0.2) is 84.9 Å². The van der Waals surface area contributed by atoms with Gasteiger partial charge in [-0.25, -0.2) is 8.42 Å². The Bertz CT molecular complexity index is 1850. The predicted octanol–water partition coefficient (Wildman–Crippen LogP) is 5.24. The summed E-state index contributed by atoms with van der Waals surface area (Å²) >= 11 is 0. The lowest BCUT2D eigenvalue weighted by Gasteiger charge is -2.36. The van der Waals surface area contributed by atoms with E-state index < -0.39 is 10.0 Å². The first-order valence-corrected chi connectivity index (χ1v) is 17.9. The number of hydrogen-bond donors (Lipinski definition) is 1. The summed E-state index contributed by atoms with van der Waals surface area (Å²) in [5.41, 5.74) is 3.78. The maximum absolute atomic E-state index is 13.8. The molecule has 2 saturated heterocycles. The van der Waals surface area contributed by atoms with Crippen LogP contribution in [0, 0.1) is 11.3 Å². The first-order valence-electron chi connectivity index (χ1n) is 16.3. The number of nitrogens with one attached hydrogen (secondary N) is 1. The van der Waals surface area contributed by atoms with Crippen LogP contribution in [-0.4, -0.2) is 80.1 Å². The van der Waals surface area contributed by atoms with E-state index in [9.17, 15) is 13.2 Å². The first kappa shape index (κ1) is 32.9. The van der Waals surface area contributed by atoms with Crippen molar-refractivity contribution in [1.82, 2.24) is 20.0 Å². The summed E-state index contributed by atoms with van der Waals surface area (Å²) in [6.45, 7) is 7.65. The van der Waals surface area contributed by atoms with Crippen molar-refractivity contribution in [3.63, 3.8) is 0 Å². The number of anilines is 2. The summed E-state index contributed by atoms with van der Waals surface area (Å²) in [6, 6.07) is 27.4. The standard InChI is InChI=1S/C36H39N7O4S/c1-2-41-20-22-42(23-21-41)34-14-10-30(24-33(34)40-48(45,46)26-27-6-4-3-5-7-27)36(44)43-18-16-29(17-19-43)28-8-12-32(13-9-28)47-35-15-11-31(25-37)38-39-35/h3-15,24,29,40H,2,16-23,26H2,1H3. The van der Waals surface area contributed by atoms with E-state index in [0.29, 0.717) is 47.5 Å². The summed E-state index contributed by atoms with van der Waals surface area (Å²) in [7, 11) is -3.73. The molecule has 11 nitrogen and oxygen atoms in total. The van der Waals surface area contributed by atoms with Gasteiger partial charge in [0.15, 0.2) is 5.69 Å². The Labute approximate surface area is 281 Å². The highest BCUT2D eigenvalue weighted by Gasteiger charge is 2.27. The largest absolute Gasteiger partial charge is 0.438 e. The van der Waals surface area contributed by atoms with Crippen LogP contribution in [0.5, 0.6) is 11.6 Å². The Morgan fingerprint density at radius 1 is 0.917 bits per heavy atom. The smallest absolute Gasteiger partial charge is 0.253 e. The number of carbonyl (C=O) groups excluding carboxylic acids is 1. The van der Waals surface area contributed by atoms with Gasteiger partial charge in [-0.2, -0.15) is 5.26 Å². The molecule has 0 unspecified atom stereocenters. The van der Waals surface area contributed by atoms with Gasteiger partial charge in [-0.1, -0.05) is 49.4 Å². The van der Waals surface area contributed by atoms with Crippen molar-refractivity contribution in [3.05, 3.63) is 107 Å². The number of ether oxygens (including phenoxy) is 1. The number of likely N-dealkylation sites (tertiary alicyclic amines) is 1. The molecule has 0 bridgehead atoms. The highest BCUT2D eigenvalue weighted by Crippen LogP contribution is 2.33. The van der Waals surface area contributed by atoms with Crippen LogP contribution >= 0.6 is 0 Å². The fourth-order valence-electron chi connectivity index (χ4n) is 6.29. The van der Waals surface area contributed by atoms with Gasteiger partial charge in [0.25, 0.3) is 5.91 Å². The molecule has 2 aliphatic heterocycles. The minimum atomic E-state index is -3.73. The highest BCUT2D eigenvalue weighted by molar-refractivity contribution is 7.91. The number of carbonyl (C=O) groups is 1. The van der Waals surface area contributed by atoms with E-state index in [4.69, 9.17) is 10.00 Å². The van der Waals surface area contributed by atoms with Crippen molar-refractivity contribution in [1.29, 1.82) is 5.26 Å². The van der Waals surface area contributed by atoms with Crippen LogP contribution < -0.4 is 14.4 Å². The molecule has 1 aromatic heterocycles. The molecule has 4 aromatic rings. The van der Waals surface area contributed by atoms with Crippen molar-refractivity contribution in [2.45, 2.75) is 31.4 Å². The molecule has 0 aliphatic carbocycles. The zero-order valence-corrected chi connectivity index (χ0v) is 27.8. The minimum absolute atomic E-state index is 0.105. The van der Waals surface area contributed by atoms with Gasteiger partial charge in [-0.05, 0) is 72.8 Å². The second-order valence-corrected chi connectivity index (χ2v) is 13.8. The molecular weight excluding hydrogens is 627 g/mol. The molecule has 1 N–H and O–H groups in total. The molecule has 0 radical (unpaired) electrons. The number of likely N-dealkylation sites (N-methyl/N-ethyl adjacent to an activating group) is 1. The summed E-state index contributed by atoms with van der Waals surface area (Å²) in [4.78, 5) is 20.2. The molecule has 0 atom stereocenters. The lowest BCUT2D eigenvalue weighted by molar-refractivity contribution is 0.0713. The number of amides is 1. The molecule has 0 saturated carbocycles. The fourth-order valence-corrected chi connectivity index (χ4v) is 7.49. The molecule has 3 heterocycles. The highest BCUT2D eigenvalue weighted by atomic mass is 32.2. The fraction of sp³-hybridized carbons (Fsp3) is 0.333. The SMILES string of the molecule is CCN1CCN(c2ccc(C(=O)N3CCC(c4ccc(Oc5ccc(C#N)nn5)cc4)CC3)cc2NS(=O)(=O)Cc2ccccc2)CC1. The predicted molar refractivity (Wildman–Crippen MR) is 185 cm³/mol. The maximum Gasteiger partial charge on any atom is 0.253 e. The van der Waals surface area contributed by atoms with Crippen LogP contribution in [-0.2, 0) is 15.8 Å². The minimum Gasteiger partial charge on any atom is -0.438 e. The molecule has 0 spiro atoms. The van der Waals surface area contributed by atoms with E-state index in [1.54, 1.807) is 30.3 Å². The topological polar surface area (TPSA) is 132 Å². The Balaban J connectivity index is 1.12. The molecule has 248 valence electrons. The van der Waals surface area contributed by atoms with Gasteiger partial charge < -0.3 is 19.4 Å². The van der Waals surface area contributed by atoms with Gasteiger partial charge >= 0.3 is 0 Å². The maximum atomic E-state index is 13.8. The molecule has 6 rings (SSSR count). The number of sulfonamides is 1. The number of hydrogen-bond acceptors (Lipinski definition) is 9. The molecule has 1 amide bonds. The van der Waals surface area contributed by atoms with E-state index in [2.05, 4.69) is 31.6 Å². The third-order valence-electron chi connectivity index (χ3n) is 8.98. The second-order valence-electron chi connectivity index (χ2n) is 12.1. The van der Waals surface area contributed by atoms with Crippen LogP contribution in [0.4, 0.5) is 11.4 Å². The van der Waals surface area contributed by atoms with E-state index in [0.717, 1.165) is 51.3 Å². The Morgan fingerprint density at radius 3 is 2.29 bits per heavy atom. The van der Waals surface area contributed by atoms with Gasteiger partial charge in [-0.15, -0.1) is 10.2 Å². The van der Waals surface area contributed by atoms with Crippen molar-refractivity contribution in [2.24, 2.45) is 0 Å². The zero-order chi connectivity index (χ0) is 33.5. The lowest BCUT2D eigenvalue weighted by atomic mass is 9.89. The average Bonchev–Trinajstić information content (AvgIpc) is 3.12. The van der Waals surface area contributed by atoms with E-state index in [1.807, 2.05) is 65.6 Å². The van der Waals surface area contributed by atoms with Gasteiger partial charge in [0.05, 0.1) is 17.1 Å². The number of nitrogens with zero attached hydrogens (tertiary/aromatic N) is 6. The van der Waals surface area contributed by atoms with E-state index >= 15 is 0 Å². The quantitative estimate of drug-likeness (QED) is 0.242. The second kappa shape index (κ2) is 14.8. The van der Waals surface area contributed by atoms with E-state index in [1.165, 1.54) is 5.56 Å². The normalized spacial score (nSPS) is 15.9. The molecule has 2 fully saturated rings. The third-order valence-corrected chi connectivity index (χ3v) is 10.2. The Kier molecular flexibility index (Phi) is 10.2. The Hall–Kier alpha value is -4.99. The van der Waals surface area contributed by atoms with Gasteiger partial charge in [-0.3, -0.25) is 9.52 Å². The number of benzene rings is 3. The van der Waals surface area contributed by atoms with Crippen molar-refractivity contribution in [3.8, 4) is 17.7 Å². The molecule has 12 heteroatoms. The van der Waals surface area contributed by atoms with Gasteiger partial charge in [0, 0.05) is 50.9 Å². The Morgan fingerprint density at radius 2 is 1.65 bits per heavy atom. The van der Waals surface area contributed by atoms with E-state index in [-0.39, 0.29) is 17.4 Å². The van der Waals surface area contributed by atoms with Crippen LogP contribution in [0.25, 0.3) is 0 Å². The summed E-state index contributed by atoms with van der Waals surface area (Å²) in [5, 5.41) is 16.6. The van der Waals surface area contributed by atoms with Crippen molar-refractivity contribution < 1.29 is 17.9 Å². The molecule has 2 aliphatic rings. The number of aromatic nitrogens is 2.